The number of para-hydroxylation sites is 2. The Morgan fingerprint density at radius 3 is 2.69 bits per heavy atom. The maximum atomic E-state index is 13.7. The molecule has 2 saturated heterocycles. The third kappa shape index (κ3) is 2.06. The van der Waals surface area contributed by atoms with E-state index in [2.05, 4.69) is 11.8 Å². The number of carbonyl (C=O) groups is 1. The smallest absolute Gasteiger partial charge is 0.234 e. The predicted octanol–water partition coefficient (Wildman–Crippen LogP) is 2.43. The van der Waals surface area contributed by atoms with E-state index in [0.29, 0.717) is 11.4 Å². The van der Waals surface area contributed by atoms with Crippen molar-refractivity contribution in [1.29, 1.82) is 0 Å². The summed E-state index contributed by atoms with van der Waals surface area (Å²) >= 11 is 0. The molecule has 2 aromatic carbocycles. The standard InChI is InChI=1S/C24H21NO4/c1-28-18-10-6-5-9-17(18)25-23(27)19-15-13-16-20(19)24(25,29-22(16)21(15)26)12-11-14-7-3-2-4-8-14/h2-10,15-16,19-22,26H,13H2,1H3. The number of aliphatic hydroxyl groups excluding tert-OH is 1. The highest BCUT2D eigenvalue weighted by atomic mass is 16.6. The SMILES string of the molecule is COc1ccccc1N1C(=O)C2C3CC4C(OC1(C#Cc1ccccc1)C42)C3O. The van der Waals surface area contributed by atoms with Crippen molar-refractivity contribution < 1.29 is 19.4 Å². The van der Waals surface area contributed by atoms with E-state index >= 15 is 0 Å². The molecule has 4 aliphatic rings. The molecular formula is C24H21NO4. The van der Waals surface area contributed by atoms with Gasteiger partial charge in [-0.05, 0) is 48.4 Å². The quantitative estimate of drug-likeness (QED) is 0.805. The van der Waals surface area contributed by atoms with Gasteiger partial charge < -0.3 is 14.6 Å². The summed E-state index contributed by atoms with van der Waals surface area (Å²) in [5, 5.41) is 10.7. The predicted molar refractivity (Wildman–Crippen MR) is 106 cm³/mol. The van der Waals surface area contributed by atoms with Crippen LogP contribution in [-0.4, -0.2) is 36.1 Å². The first kappa shape index (κ1) is 17.1. The molecule has 4 fully saturated rings. The topological polar surface area (TPSA) is 59.0 Å². The van der Waals surface area contributed by atoms with Gasteiger partial charge in [-0.1, -0.05) is 36.3 Å². The second kappa shape index (κ2) is 5.85. The van der Waals surface area contributed by atoms with E-state index in [1.807, 2.05) is 54.6 Å². The van der Waals surface area contributed by atoms with Gasteiger partial charge in [-0.25, -0.2) is 0 Å². The monoisotopic (exact) mass is 387 g/mol. The molecular weight excluding hydrogens is 366 g/mol. The summed E-state index contributed by atoms with van der Waals surface area (Å²) in [7, 11) is 1.60. The molecule has 0 spiro atoms. The zero-order valence-electron chi connectivity index (χ0n) is 16.0. The molecule has 2 aliphatic carbocycles. The van der Waals surface area contributed by atoms with E-state index in [9.17, 15) is 9.90 Å². The molecule has 2 heterocycles. The van der Waals surface area contributed by atoms with Gasteiger partial charge in [-0.2, -0.15) is 0 Å². The zero-order chi connectivity index (χ0) is 19.8. The van der Waals surface area contributed by atoms with Crippen LogP contribution in [0.5, 0.6) is 5.75 Å². The van der Waals surface area contributed by atoms with Crippen molar-refractivity contribution in [1.82, 2.24) is 0 Å². The number of anilines is 1. The number of methoxy groups -OCH3 is 1. The summed E-state index contributed by atoms with van der Waals surface area (Å²) in [6.45, 7) is 0. The number of amides is 1. The lowest BCUT2D eigenvalue weighted by atomic mass is 9.77. The number of ether oxygens (including phenoxy) is 2. The normalized spacial score (nSPS) is 38.3. The molecule has 29 heavy (non-hydrogen) atoms. The van der Waals surface area contributed by atoms with Crippen molar-refractivity contribution in [3.05, 3.63) is 60.2 Å². The molecule has 2 bridgehead atoms. The maximum absolute atomic E-state index is 13.7. The molecule has 1 amide bonds. The van der Waals surface area contributed by atoms with Gasteiger partial charge in [0.1, 0.15) is 5.75 Å². The second-order valence-corrected chi connectivity index (χ2v) is 8.35. The molecule has 1 N–H and O–H groups in total. The van der Waals surface area contributed by atoms with Crippen LogP contribution in [0.1, 0.15) is 12.0 Å². The third-order valence-electron chi connectivity index (χ3n) is 7.14. The van der Waals surface area contributed by atoms with Crippen LogP contribution in [0, 0.1) is 35.5 Å². The molecule has 2 aliphatic heterocycles. The first-order valence-corrected chi connectivity index (χ1v) is 10.1. The van der Waals surface area contributed by atoms with Crippen LogP contribution in [0.4, 0.5) is 5.69 Å². The van der Waals surface area contributed by atoms with Crippen molar-refractivity contribution in [3.63, 3.8) is 0 Å². The summed E-state index contributed by atoms with van der Waals surface area (Å²) in [5.74, 6) is 6.99. The van der Waals surface area contributed by atoms with Crippen molar-refractivity contribution in [3.8, 4) is 17.6 Å². The molecule has 6 rings (SSSR count). The molecule has 2 aromatic rings. The van der Waals surface area contributed by atoms with Gasteiger partial charge in [-0.3, -0.25) is 9.69 Å². The molecule has 0 aromatic heterocycles. The Morgan fingerprint density at radius 2 is 1.90 bits per heavy atom. The van der Waals surface area contributed by atoms with Crippen LogP contribution >= 0.6 is 0 Å². The Balaban J connectivity index is 1.55. The van der Waals surface area contributed by atoms with Gasteiger partial charge in [0.15, 0.2) is 0 Å². The molecule has 146 valence electrons. The minimum absolute atomic E-state index is 0.0217. The fraction of sp³-hybridized carbons (Fsp3) is 0.375. The molecule has 5 heteroatoms. The van der Waals surface area contributed by atoms with Crippen LogP contribution in [0.15, 0.2) is 54.6 Å². The first-order valence-electron chi connectivity index (χ1n) is 10.1. The highest BCUT2D eigenvalue weighted by molar-refractivity contribution is 6.02. The number of hydrogen-bond donors (Lipinski definition) is 1. The number of nitrogens with zero attached hydrogens (tertiary/aromatic N) is 1. The van der Waals surface area contributed by atoms with Crippen LogP contribution < -0.4 is 9.64 Å². The van der Waals surface area contributed by atoms with Crippen molar-refractivity contribution in [2.24, 2.45) is 23.7 Å². The maximum Gasteiger partial charge on any atom is 0.234 e. The number of rotatable bonds is 2. The highest BCUT2D eigenvalue weighted by Gasteiger charge is 2.78. The lowest BCUT2D eigenvalue weighted by molar-refractivity contribution is -0.130. The van der Waals surface area contributed by atoms with Crippen LogP contribution in [0.2, 0.25) is 0 Å². The van der Waals surface area contributed by atoms with Gasteiger partial charge in [0.2, 0.25) is 11.6 Å². The molecule has 5 nitrogen and oxygen atoms in total. The number of benzene rings is 2. The summed E-state index contributed by atoms with van der Waals surface area (Å²) in [6.07, 6.45) is -0.0245. The summed E-state index contributed by atoms with van der Waals surface area (Å²) in [5.41, 5.74) is 0.468. The van der Waals surface area contributed by atoms with Gasteiger partial charge in [0.05, 0.1) is 30.9 Å². The van der Waals surface area contributed by atoms with Crippen LogP contribution in [-0.2, 0) is 9.53 Å². The largest absolute Gasteiger partial charge is 0.495 e. The van der Waals surface area contributed by atoms with E-state index in [0.717, 1.165) is 12.0 Å². The second-order valence-electron chi connectivity index (χ2n) is 8.35. The summed E-state index contributed by atoms with van der Waals surface area (Å²) in [4.78, 5) is 15.4. The van der Waals surface area contributed by atoms with Crippen molar-refractivity contribution in [2.45, 2.75) is 24.4 Å². The Hall–Kier alpha value is -2.81. The van der Waals surface area contributed by atoms with Crippen molar-refractivity contribution in [2.75, 3.05) is 12.0 Å². The van der Waals surface area contributed by atoms with Gasteiger partial charge in [0, 0.05) is 11.5 Å². The van der Waals surface area contributed by atoms with E-state index in [1.165, 1.54) is 0 Å². The number of fused-ring (bicyclic) bond motifs is 2. The number of hydrogen-bond acceptors (Lipinski definition) is 4. The Bertz CT molecular complexity index is 1060. The average molecular weight is 387 g/mol. The van der Waals surface area contributed by atoms with E-state index in [-0.39, 0.29) is 35.7 Å². The Labute approximate surface area is 169 Å². The average Bonchev–Trinajstić information content (AvgIpc) is 3.43. The highest BCUT2D eigenvalue weighted by Crippen LogP contribution is 2.68. The Morgan fingerprint density at radius 1 is 1.14 bits per heavy atom. The summed E-state index contributed by atoms with van der Waals surface area (Å²) in [6, 6.07) is 17.2. The van der Waals surface area contributed by atoms with Crippen LogP contribution in [0.25, 0.3) is 0 Å². The minimum atomic E-state index is -1.08. The number of aliphatic hydroxyl groups is 1. The molecule has 7 atom stereocenters. The number of carbonyl (C=O) groups excluding carboxylic acids is 1. The first-order chi connectivity index (χ1) is 14.2. The minimum Gasteiger partial charge on any atom is -0.495 e. The Kier molecular flexibility index (Phi) is 3.45. The lowest BCUT2D eigenvalue weighted by Crippen LogP contribution is -2.50. The lowest BCUT2D eigenvalue weighted by Gasteiger charge is -2.35. The van der Waals surface area contributed by atoms with E-state index < -0.39 is 11.8 Å². The third-order valence-corrected chi connectivity index (χ3v) is 7.14. The molecule has 0 radical (unpaired) electrons. The van der Waals surface area contributed by atoms with Gasteiger partial charge >= 0.3 is 0 Å². The van der Waals surface area contributed by atoms with Gasteiger partial charge in [-0.15, -0.1) is 0 Å². The fourth-order valence-corrected chi connectivity index (χ4v) is 6.12. The van der Waals surface area contributed by atoms with Crippen LogP contribution in [0.3, 0.4) is 0 Å². The zero-order valence-corrected chi connectivity index (χ0v) is 16.0. The molecule has 2 saturated carbocycles. The van der Waals surface area contributed by atoms with Gasteiger partial charge in [0.25, 0.3) is 0 Å². The van der Waals surface area contributed by atoms with E-state index in [1.54, 1.807) is 12.0 Å². The fourth-order valence-electron chi connectivity index (χ4n) is 6.12. The van der Waals surface area contributed by atoms with Crippen molar-refractivity contribution >= 4 is 11.6 Å². The molecule has 7 unspecified atom stereocenters. The van der Waals surface area contributed by atoms with E-state index in [4.69, 9.17) is 9.47 Å². The summed E-state index contributed by atoms with van der Waals surface area (Å²) < 4.78 is 12.1.